The second-order valence-corrected chi connectivity index (χ2v) is 4.26. The van der Waals surface area contributed by atoms with Crippen LogP contribution in [0, 0.1) is 0 Å². The smallest absolute Gasteiger partial charge is 0.203 e. The Morgan fingerprint density at radius 1 is 0.714 bits per heavy atom. The maximum absolute atomic E-state index is 10.2. The number of aromatic hydroxyl groups is 1. The van der Waals surface area contributed by atoms with Crippen molar-refractivity contribution in [2.24, 2.45) is 0 Å². The summed E-state index contributed by atoms with van der Waals surface area (Å²) in [6.07, 6.45) is 0. The van der Waals surface area contributed by atoms with Crippen molar-refractivity contribution in [3.8, 4) is 39.9 Å². The summed E-state index contributed by atoms with van der Waals surface area (Å²) < 4.78 is 21.1. The van der Waals surface area contributed by atoms with E-state index in [2.05, 4.69) is 0 Å². The molecule has 0 fully saturated rings. The SMILES string of the molecule is COc1ccc(-c2ccc(OC)c(OC)c2OC)c(O)c1. The predicted molar refractivity (Wildman–Crippen MR) is 79.8 cm³/mol. The van der Waals surface area contributed by atoms with Crippen molar-refractivity contribution in [3.63, 3.8) is 0 Å². The summed E-state index contributed by atoms with van der Waals surface area (Å²) in [7, 11) is 6.19. The van der Waals surface area contributed by atoms with Crippen LogP contribution in [0.3, 0.4) is 0 Å². The predicted octanol–water partition coefficient (Wildman–Crippen LogP) is 3.09. The molecular weight excluding hydrogens is 272 g/mol. The Bertz CT molecular complexity index is 637. The Hall–Kier alpha value is -2.56. The molecule has 2 rings (SSSR count). The van der Waals surface area contributed by atoms with E-state index in [1.807, 2.05) is 6.07 Å². The maximum atomic E-state index is 10.2. The first kappa shape index (κ1) is 14.8. The van der Waals surface area contributed by atoms with Crippen LogP contribution in [0.1, 0.15) is 0 Å². The van der Waals surface area contributed by atoms with Gasteiger partial charge in [-0.05, 0) is 24.3 Å². The minimum absolute atomic E-state index is 0.0971. The number of phenols is 1. The zero-order valence-corrected chi connectivity index (χ0v) is 12.5. The van der Waals surface area contributed by atoms with Crippen molar-refractivity contribution in [1.29, 1.82) is 0 Å². The molecule has 0 atom stereocenters. The van der Waals surface area contributed by atoms with Crippen LogP contribution < -0.4 is 18.9 Å². The number of ether oxygens (including phenoxy) is 4. The molecule has 0 radical (unpaired) electrons. The monoisotopic (exact) mass is 290 g/mol. The van der Waals surface area contributed by atoms with E-state index in [0.717, 1.165) is 0 Å². The highest BCUT2D eigenvalue weighted by Crippen LogP contribution is 2.46. The molecule has 5 heteroatoms. The van der Waals surface area contributed by atoms with Crippen molar-refractivity contribution in [2.45, 2.75) is 0 Å². The fourth-order valence-corrected chi connectivity index (χ4v) is 2.18. The first-order chi connectivity index (χ1) is 10.2. The summed E-state index contributed by atoms with van der Waals surface area (Å²) in [4.78, 5) is 0. The normalized spacial score (nSPS) is 10.1. The van der Waals surface area contributed by atoms with Gasteiger partial charge in [0.15, 0.2) is 11.5 Å². The van der Waals surface area contributed by atoms with E-state index in [-0.39, 0.29) is 5.75 Å². The minimum Gasteiger partial charge on any atom is -0.507 e. The van der Waals surface area contributed by atoms with Crippen LogP contribution in [0.5, 0.6) is 28.7 Å². The van der Waals surface area contributed by atoms with E-state index < -0.39 is 0 Å². The van der Waals surface area contributed by atoms with Crippen LogP contribution in [-0.4, -0.2) is 33.5 Å². The van der Waals surface area contributed by atoms with Gasteiger partial charge in [0.25, 0.3) is 0 Å². The van der Waals surface area contributed by atoms with Crippen LogP contribution in [0.15, 0.2) is 30.3 Å². The van der Waals surface area contributed by atoms with Gasteiger partial charge in [-0.2, -0.15) is 0 Å². The maximum Gasteiger partial charge on any atom is 0.203 e. The van der Waals surface area contributed by atoms with Gasteiger partial charge in [0.2, 0.25) is 5.75 Å². The molecule has 5 nitrogen and oxygen atoms in total. The first-order valence-electron chi connectivity index (χ1n) is 6.32. The quantitative estimate of drug-likeness (QED) is 0.917. The van der Waals surface area contributed by atoms with Gasteiger partial charge < -0.3 is 24.1 Å². The van der Waals surface area contributed by atoms with Crippen molar-refractivity contribution >= 4 is 0 Å². The molecule has 1 N–H and O–H groups in total. The summed E-state index contributed by atoms with van der Waals surface area (Å²) in [6.45, 7) is 0. The van der Waals surface area contributed by atoms with E-state index in [0.29, 0.717) is 34.1 Å². The molecule has 0 heterocycles. The molecule has 0 aliphatic carbocycles. The lowest BCUT2D eigenvalue weighted by Crippen LogP contribution is -1.97. The molecule has 2 aromatic rings. The summed E-state index contributed by atoms with van der Waals surface area (Å²) in [5.41, 5.74) is 1.32. The van der Waals surface area contributed by atoms with Crippen molar-refractivity contribution in [1.82, 2.24) is 0 Å². The number of phenolic OH excluding ortho intramolecular Hbond substituents is 1. The van der Waals surface area contributed by atoms with Crippen molar-refractivity contribution in [2.75, 3.05) is 28.4 Å². The van der Waals surface area contributed by atoms with Gasteiger partial charge >= 0.3 is 0 Å². The lowest BCUT2D eigenvalue weighted by Gasteiger charge is -2.16. The van der Waals surface area contributed by atoms with Gasteiger partial charge in [0.1, 0.15) is 11.5 Å². The lowest BCUT2D eigenvalue weighted by atomic mass is 10.0. The van der Waals surface area contributed by atoms with Gasteiger partial charge in [-0.3, -0.25) is 0 Å². The van der Waals surface area contributed by atoms with Crippen molar-refractivity contribution in [3.05, 3.63) is 30.3 Å². The molecule has 0 saturated carbocycles. The fourth-order valence-electron chi connectivity index (χ4n) is 2.18. The number of hydrogen-bond acceptors (Lipinski definition) is 5. The minimum atomic E-state index is 0.0971. The van der Waals surface area contributed by atoms with Crippen LogP contribution in [0.2, 0.25) is 0 Å². The Labute approximate surface area is 123 Å². The second-order valence-electron chi connectivity index (χ2n) is 4.26. The number of benzene rings is 2. The third kappa shape index (κ3) is 2.67. The van der Waals surface area contributed by atoms with Crippen LogP contribution in [0.25, 0.3) is 11.1 Å². The fraction of sp³-hybridized carbons (Fsp3) is 0.250. The molecule has 112 valence electrons. The Balaban J connectivity index is 2.63. The molecule has 0 amide bonds. The number of rotatable bonds is 5. The summed E-state index contributed by atoms with van der Waals surface area (Å²) in [5.74, 6) is 2.21. The highest BCUT2D eigenvalue weighted by molar-refractivity contribution is 5.80. The van der Waals surface area contributed by atoms with Gasteiger partial charge in [-0.25, -0.2) is 0 Å². The highest BCUT2D eigenvalue weighted by atomic mass is 16.5. The summed E-state index contributed by atoms with van der Waals surface area (Å²) in [6, 6.07) is 8.65. The van der Waals surface area contributed by atoms with E-state index in [1.54, 1.807) is 45.6 Å². The zero-order chi connectivity index (χ0) is 15.4. The average Bonchev–Trinajstić information content (AvgIpc) is 2.53. The van der Waals surface area contributed by atoms with Gasteiger partial charge in [0, 0.05) is 17.2 Å². The Kier molecular flexibility index (Phi) is 4.42. The van der Waals surface area contributed by atoms with E-state index in [4.69, 9.17) is 18.9 Å². The topological polar surface area (TPSA) is 57.2 Å². The lowest BCUT2D eigenvalue weighted by molar-refractivity contribution is 0.325. The molecule has 21 heavy (non-hydrogen) atoms. The van der Waals surface area contributed by atoms with E-state index in [9.17, 15) is 5.11 Å². The number of hydrogen-bond donors (Lipinski definition) is 1. The van der Waals surface area contributed by atoms with Crippen molar-refractivity contribution < 1.29 is 24.1 Å². The zero-order valence-electron chi connectivity index (χ0n) is 12.5. The molecule has 0 saturated heterocycles. The van der Waals surface area contributed by atoms with Gasteiger partial charge in [0.05, 0.1) is 28.4 Å². The Morgan fingerprint density at radius 3 is 1.90 bits per heavy atom. The van der Waals surface area contributed by atoms with Gasteiger partial charge in [-0.1, -0.05) is 0 Å². The third-order valence-corrected chi connectivity index (χ3v) is 3.20. The number of methoxy groups -OCH3 is 4. The summed E-state index contributed by atoms with van der Waals surface area (Å²) >= 11 is 0. The Morgan fingerprint density at radius 2 is 1.38 bits per heavy atom. The third-order valence-electron chi connectivity index (χ3n) is 3.20. The average molecular weight is 290 g/mol. The summed E-state index contributed by atoms with van der Waals surface area (Å²) in [5, 5.41) is 10.2. The second kappa shape index (κ2) is 6.26. The molecule has 0 unspecified atom stereocenters. The molecular formula is C16H18O5. The molecule has 0 aliphatic heterocycles. The van der Waals surface area contributed by atoms with E-state index in [1.165, 1.54) is 7.11 Å². The largest absolute Gasteiger partial charge is 0.507 e. The van der Waals surface area contributed by atoms with Gasteiger partial charge in [-0.15, -0.1) is 0 Å². The van der Waals surface area contributed by atoms with Crippen LogP contribution in [-0.2, 0) is 0 Å². The highest BCUT2D eigenvalue weighted by Gasteiger charge is 2.19. The molecule has 0 spiro atoms. The van der Waals surface area contributed by atoms with E-state index >= 15 is 0 Å². The van der Waals surface area contributed by atoms with Crippen LogP contribution >= 0.6 is 0 Å². The molecule has 0 aliphatic rings. The molecule has 2 aromatic carbocycles. The first-order valence-corrected chi connectivity index (χ1v) is 6.32. The standard InChI is InChI=1S/C16H18O5/c1-18-10-5-6-11(13(17)9-10)12-7-8-14(19-2)16(21-4)15(12)20-3/h5-9,17H,1-4H3. The molecule has 0 bridgehead atoms. The molecule has 0 aromatic heterocycles. The van der Waals surface area contributed by atoms with Crippen LogP contribution in [0.4, 0.5) is 0 Å².